The summed E-state index contributed by atoms with van der Waals surface area (Å²) >= 11 is 6.14. The van der Waals surface area contributed by atoms with Gasteiger partial charge in [0.15, 0.2) is 5.82 Å². The number of rotatable bonds is 8. The second-order valence-electron chi connectivity index (χ2n) is 14.1. The summed E-state index contributed by atoms with van der Waals surface area (Å²) in [6.07, 6.45) is -0.391. The lowest BCUT2D eigenvalue weighted by Gasteiger charge is -2.41. The average Bonchev–Trinajstić information content (AvgIpc) is 3.76. The molecule has 4 aliphatic rings. The van der Waals surface area contributed by atoms with Crippen molar-refractivity contribution >= 4 is 44.9 Å². The molecule has 0 saturated carbocycles. The van der Waals surface area contributed by atoms with Crippen molar-refractivity contribution in [1.29, 1.82) is 0 Å². The third kappa shape index (κ3) is 5.51. The number of nitrogens with two attached hydrogens (primary N) is 1. The first kappa shape index (κ1) is 33.6. The van der Waals surface area contributed by atoms with Gasteiger partial charge in [-0.05, 0) is 44.4 Å². The maximum absolute atomic E-state index is 17.3. The molecule has 4 fully saturated rings. The maximum atomic E-state index is 17.3. The molecule has 268 valence electrons. The predicted octanol–water partition coefficient (Wildman–Crippen LogP) is 5.83. The number of hydrogen-bond donors (Lipinski definition) is 1. The van der Waals surface area contributed by atoms with E-state index in [4.69, 9.17) is 31.8 Å². The highest BCUT2D eigenvalue weighted by Gasteiger charge is 2.50. The number of alkyl halides is 4. The van der Waals surface area contributed by atoms with E-state index in [1.54, 1.807) is 20.4 Å². The molecule has 50 heavy (non-hydrogen) atoms. The fourth-order valence-electron chi connectivity index (χ4n) is 8.94. The van der Waals surface area contributed by atoms with Crippen LogP contribution in [0.1, 0.15) is 37.7 Å². The number of fused-ring (bicyclic) bond motifs is 6. The number of halogens is 6. The Labute approximate surface area is 290 Å². The molecule has 0 aliphatic carbocycles. The quantitative estimate of drug-likeness (QED) is 0.178. The van der Waals surface area contributed by atoms with E-state index in [9.17, 15) is 17.6 Å². The van der Waals surface area contributed by atoms with Crippen molar-refractivity contribution in [2.45, 2.75) is 62.1 Å². The first-order valence-electron chi connectivity index (χ1n) is 16.9. The normalized spacial score (nSPS) is 25.8. The molecule has 6 heterocycles. The Bertz CT molecular complexity index is 1960. The Morgan fingerprint density at radius 1 is 1.10 bits per heavy atom. The van der Waals surface area contributed by atoms with Crippen molar-refractivity contribution in [1.82, 2.24) is 29.5 Å². The van der Waals surface area contributed by atoms with Crippen molar-refractivity contribution in [3.05, 3.63) is 34.7 Å². The number of ether oxygens (including phenoxy) is 2. The smallest absolute Gasteiger partial charge is 0.418 e. The fraction of sp³-hybridized carbons (Fsp3) is 0.559. The second-order valence-corrected chi connectivity index (χ2v) is 14.5. The van der Waals surface area contributed by atoms with Crippen LogP contribution in [-0.4, -0.2) is 106 Å². The van der Waals surface area contributed by atoms with E-state index < -0.39 is 45.4 Å². The van der Waals surface area contributed by atoms with Gasteiger partial charge in [0.1, 0.15) is 29.6 Å². The lowest BCUT2D eigenvalue weighted by Crippen LogP contribution is -2.54. The van der Waals surface area contributed by atoms with Crippen LogP contribution < -0.4 is 15.4 Å². The van der Waals surface area contributed by atoms with Crippen molar-refractivity contribution in [3.8, 4) is 17.1 Å². The number of anilines is 2. The zero-order chi connectivity index (χ0) is 35.1. The van der Waals surface area contributed by atoms with Gasteiger partial charge >= 0.3 is 12.2 Å². The molecule has 2 aromatic heterocycles. The minimum Gasteiger partial charge on any atom is -0.461 e. The zero-order valence-electron chi connectivity index (χ0n) is 27.7. The molecule has 4 aliphatic heterocycles. The van der Waals surface area contributed by atoms with Crippen LogP contribution in [0.3, 0.4) is 0 Å². The van der Waals surface area contributed by atoms with Crippen LogP contribution in [-0.2, 0) is 18.0 Å². The number of benzene rings is 2. The van der Waals surface area contributed by atoms with Crippen LogP contribution >= 0.6 is 11.6 Å². The Hall–Kier alpha value is -3.53. The molecule has 0 radical (unpaired) electrons. The molecule has 0 unspecified atom stereocenters. The summed E-state index contributed by atoms with van der Waals surface area (Å²) in [6.45, 7) is 3.72. The standard InChI is InChI=1S/C34H38ClF5N8O2/c1-45-16-23-26-30(28(37)25(29(23)44-45)22-10-19(41)11-24(35)27(22)34(38,39)40)42-32(50-17-33-6-3-7-47(33)13-18(36)12-33)43-31(26)46-14-20-4-5-21(15-46)48(20)8-9-49-2/h10-11,16,18,20-21H,3-9,12-15,17,41H2,1-2H3/t18-,20-,21+,33+/m1/s1. The van der Waals surface area contributed by atoms with E-state index in [0.29, 0.717) is 49.3 Å². The van der Waals surface area contributed by atoms with E-state index in [0.717, 1.165) is 50.9 Å². The summed E-state index contributed by atoms with van der Waals surface area (Å²) < 4.78 is 88.6. The zero-order valence-corrected chi connectivity index (χ0v) is 28.5. The maximum Gasteiger partial charge on any atom is 0.418 e. The molecule has 0 spiro atoms. The number of aromatic nitrogens is 4. The lowest BCUT2D eigenvalue weighted by atomic mass is 9.94. The summed E-state index contributed by atoms with van der Waals surface area (Å²) in [4.78, 5) is 16.1. The first-order chi connectivity index (χ1) is 23.9. The van der Waals surface area contributed by atoms with Gasteiger partial charge in [0.2, 0.25) is 0 Å². The van der Waals surface area contributed by atoms with Crippen molar-refractivity contribution in [2.75, 3.05) is 63.7 Å². The first-order valence-corrected chi connectivity index (χ1v) is 17.3. The van der Waals surface area contributed by atoms with E-state index >= 15 is 4.39 Å². The molecule has 4 saturated heterocycles. The van der Waals surface area contributed by atoms with Crippen LogP contribution in [0.4, 0.5) is 33.5 Å². The van der Waals surface area contributed by atoms with Gasteiger partial charge < -0.3 is 20.1 Å². The predicted molar refractivity (Wildman–Crippen MR) is 180 cm³/mol. The topological polar surface area (TPSA) is 97.8 Å². The number of piperazine rings is 1. The molecule has 10 nitrogen and oxygen atoms in total. The van der Waals surface area contributed by atoms with Gasteiger partial charge in [-0.2, -0.15) is 28.2 Å². The highest BCUT2D eigenvalue weighted by molar-refractivity contribution is 6.32. The average molecular weight is 721 g/mol. The van der Waals surface area contributed by atoms with Gasteiger partial charge in [0.25, 0.3) is 0 Å². The Morgan fingerprint density at radius 3 is 2.58 bits per heavy atom. The van der Waals surface area contributed by atoms with E-state index in [2.05, 4.69) is 24.8 Å². The van der Waals surface area contributed by atoms with Gasteiger partial charge in [-0.25, -0.2) is 8.78 Å². The number of nitrogen functional groups attached to an aromatic ring is 1. The molecule has 4 aromatic rings. The third-order valence-corrected chi connectivity index (χ3v) is 11.3. The van der Waals surface area contributed by atoms with Crippen LogP contribution in [0.25, 0.3) is 32.9 Å². The highest BCUT2D eigenvalue weighted by Crippen LogP contribution is 2.48. The summed E-state index contributed by atoms with van der Waals surface area (Å²) in [5.74, 6) is -0.618. The van der Waals surface area contributed by atoms with Gasteiger partial charge in [0.05, 0.1) is 28.1 Å². The minimum absolute atomic E-state index is 0.00897. The third-order valence-electron chi connectivity index (χ3n) is 11.0. The van der Waals surface area contributed by atoms with E-state index in [-0.39, 0.29) is 41.4 Å². The molecule has 8 rings (SSSR count). The number of hydrogen-bond acceptors (Lipinski definition) is 9. The van der Waals surface area contributed by atoms with Crippen LogP contribution in [0.5, 0.6) is 6.01 Å². The van der Waals surface area contributed by atoms with Gasteiger partial charge in [-0.15, -0.1) is 0 Å². The Balaban J connectivity index is 1.32. The summed E-state index contributed by atoms with van der Waals surface area (Å²) in [5, 5.41) is 4.50. The van der Waals surface area contributed by atoms with Crippen molar-refractivity contribution in [3.63, 3.8) is 0 Å². The lowest BCUT2D eigenvalue weighted by molar-refractivity contribution is -0.137. The molecule has 2 aromatic carbocycles. The van der Waals surface area contributed by atoms with Crippen molar-refractivity contribution < 1.29 is 31.4 Å². The minimum atomic E-state index is -4.93. The second kappa shape index (κ2) is 12.3. The highest BCUT2D eigenvalue weighted by atomic mass is 35.5. The molecule has 4 atom stereocenters. The van der Waals surface area contributed by atoms with Crippen molar-refractivity contribution in [2.24, 2.45) is 7.05 Å². The Kier molecular flexibility index (Phi) is 8.27. The van der Waals surface area contributed by atoms with E-state index in [1.165, 1.54) is 4.68 Å². The van der Waals surface area contributed by atoms with Gasteiger partial charge in [-0.1, -0.05) is 11.6 Å². The largest absolute Gasteiger partial charge is 0.461 e. The molecular formula is C34H38ClF5N8O2. The van der Waals surface area contributed by atoms with E-state index in [1.807, 2.05) is 0 Å². The van der Waals surface area contributed by atoms with Gasteiger partial charge in [-0.3, -0.25) is 14.5 Å². The molecule has 2 bridgehead atoms. The monoisotopic (exact) mass is 720 g/mol. The number of aryl methyl sites for hydroxylation is 1. The molecular weight excluding hydrogens is 683 g/mol. The Morgan fingerprint density at radius 2 is 1.86 bits per heavy atom. The van der Waals surface area contributed by atoms with Crippen LogP contribution in [0.15, 0.2) is 18.3 Å². The SMILES string of the molecule is COCCN1[C@@H]2CC[C@H]1CN(c1nc(OC[C@@]34CCCN3C[C@H](F)C4)nc3c(F)c(-c4cc(N)cc(Cl)c4C(F)(F)F)c4nn(C)cc4c13)C2. The number of nitrogens with zero attached hydrogens (tertiary/aromatic N) is 7. The summed E-state index contributed by atoms with van der Waals surface area (Å²) in [6, 6.07) is 2.32. The summed E-state index contributed by atoms with van der Waals surface area (Å²) in [7, 11) is 3.29. The summed E-state index contributed by atoms with van der Waals surface area (Å²) in [5.41, 5.74) is 2.98. The van der Waals surface area contributed by atoms with Crippen LogP contribution in [0, 0.1) is 5.82 Å². The molecule has 2 N–H and O–H groups in total. The molecule has 16 heteroatoms. The number of methoxy groups -OCH3 is 1. The van der Waals surface area contributed by atoms with Gasteiger partial charge in [0, 0.05) is 87.2 Å². The molecule has 0 amide bonds. The van der Waals surface area contributed by atoms with Crippen LogP contribution in [0.2, 0.25) is 5.02 Å². The fourth-order valence-corrected chi connectivity index (χ4v) is 9.27.